The lowest BCUT2D eigenvalue weighted by Gasteiger charge is -2.37. The summed E-state index contributed by atoms with van der Waals surface area (Å²) in [4.78, 5) is 31.5. The van der Waals surface area contributed by atoms with E-state index < -0.39 is 0 Å². The van der Waals surface area contributed by atoms with Gasteiger partial charge in [-0.1, -0.05) is 19.4 Å². The summed E-state index contributed by atoms with van der Waals surface area (Å²) >= 11 is 0. The van der Waals surface area contributed by atoms with Crippen molar-refractivity contribution in [3.05, 3.63) is 62.6 Å². The van der Waals surface area contributed by atoms with E-state index in [1.165, 1.54) is 5.69 Å². The molecule has 2 N–H and O–H groups in total. The van der Waals surface area contributed by atoms with E-state index in [-0.39, 0.29) is 23.9 Å². The molecule has 178 valence electrons. The number of carbonyl (C=O) groups is 1. The molecule has 2 aromatic rings. The van der Waals surface area contributed by atoms with Crippen molar-refractivity contribution in [2.45, 2.75) is 77.8 Å². The quantitative estimate of drug-likeness (QED) is 0.723. The second-order valence-corrected chi connectivity index (χ2v) is 9.48. The number of nitrogens with zero attached hydrogens (tertiary/aromatic N) is 1. The molecule has 0 spiro atoms. The van der Waals surface area contributed by atoms with E-state index in [0.717, 1.165) is 80.7 Å². The van der Waals surface area contributed by atoms with Crippen molar-refractivity contribution < 1.29 is 9.53 Å². The fraction of sp³-hybridized carbons (Fsp3) is 0.556. The number of aromatic amines is 1. The maximum Gasteiger partial charge on any atom is 0.253 e. The van der Waals surface area contributed by atoms with Gasteiger partial charge in [-0.3, -0.25) is 9.59 Å². The zero-order chi connectivity index (χ0) is 23.4. The maximum atomic E-state index is 13.4. The molecule has 1 fully saturated rings. The average molecular weight is 452 g/mol. The fourth-order valence-electron chi connectivity index (χ4n) is 5.48. The van der Waals surface area contributed by atoms with Gasteiger partial charge in [0.1, 0.15) is 0 Å². The summed E-state index contributed by atoms with van der Waals surface area (Å²) in [5.74, 6) is 0.176. The second kappa shape index (κ2) is 10.6. The zero-order valence-corrected chi connectivity index (χ0v) is 20.2. The normalized spacial score (nSPS) is 20.1. The van der Waals surface area contributed by atoms with Crippen LogP contribution in [0.1, 0.15) is 84.6 Å². The maximum absolute atomic E-state index is 13.4. The summed E-state index contributed by atoms with van der Waals surface area (Å²) in [5.41, 5.74) is 5.55. The Hall–Kier alpha value is -2.60. The number of aryl methyl sites for hydroxylation is 1. The van der Waals surface area contributed by atoms with E-state index in [9.17, 15) is 9.59 Å². The lowest BCUT2D eigenvalue weighted by atomic mass is 9.89. The molecule has 1 aromatic heterocycles. The molecule has 3 heterocycles. The smallest absolute Gasteiger partial charge is 0.253 e. The molecule has 0 bridgehead atoms. The summed E-state index contributed by atoms with van der Waals surface area (Å²) in [6.07, 6.45) is 6.02. The minimum Gasteiger partial charge on any atom is -0.381 e. The van der Waals surface area contributed by atoms with Crippen LogP contribution >= 0.6 is 0 Å². The van der Waals surface area contributed by atoms with Gasteiger partial charge in [0, 0.05) is 54.9 Å². The highest BCUT2D eigenvalue weighted by Crippen LogP contribution is 2.32. The number of ether oxygens (including phenoxy) is 1. The van der Waals surface area contributed by atoms with Gasteiger partial charge in [0.05, 0.1) is 0 Å². The molecule has 4 rings (SSSR count). The lowest BCUT2D eigenvalue weighted by molar-refractivity contribution is 0.0845. The van der Waals surface area contributed by atoms with Gasteiger partial charge in [0.15, 0.2) is 0 Å². The summed E-state index contributed by atoms with van der Waals surface area (Å²) in [6, 6.07) is 8.60. The average Bonchev–Trinajstić information content (AvgIpc) is 2.81. The van der Waals surface area contributed by atoms with Crippen LogP contribution in [0.3, 0.4) is 0 Å². The standard InChI is InChI=1S/C27H37N3O3/c1-4-30(20-12-14-33-15-13-20)25-11-7-10-22-21(25)9-6-5-8-18(2)23-16-19(3)29-27(32)24(23)17-28-26(22)31/h7,10-11,16,18,20H,4-6,8-9,12-15,17H2,1-3H3,(H,28,31)(H,29,32). The Morgan fingerprint density at radius 2 is 1.88 bits per heavy atom. The number of nitrogens with one attached hydrogen (secondary N) is 2. The molecule has 1 unspecified atom stereocenters. The first kappa shape index (κ1) is 23.6. The Labute approximate surface area is 196 Å². The van der Waals surface area contributed by atoms with E-state index in [4.69, 9.17) is 4.74 Å². The second-order valence-electron chi connectivity index (χ2n) is 9.48. The van der Waals surface area contributed by atoms with E-state index in [0.29, 0.717) is 11.6 Å². The van der Waals surface area contributed by atoms with Crippen LogP contribution in [0.15, 0.2) is 29.1 Å². The van der Waals surface area contributed by atoms with E-state index >= 15 is 0 Å². The molecule has 1 aromatic carbocycles. The number of hydrogen-bond acceptors (Lipinski definition) is 4. The number of carbonyl (C=O) groups excluding carboxylic acids is 1. The lowest BCUT2D eigenvalue weighted by Crippen LogP contribution is -2.40. The molecule has 0 radical (unpaired) electrons. The number of fused-ring (bicyclic) bond motifs is 2. The van der Waals surface area contributed by atoms with Crippen molar-refractivity contribution >= 4 is 11.6 Å². The fourth-order valence-corrected chi connectivity index (χ4v) is 5.48. The van der Waals surface area contributed by atoms with Crippen molar-refractivity contribution in [3.63, 3.8) is 0 Å². The highest BCUT2D eigenvalue weighted by atomic mass is 16.5. The monoisotopic (exact) mass is 451 g/mol. The molecule has 1 atom stereocenters. The Morgan fingerprint density at radius 3 is 2.64 bits per heavy atom. The van der Waals surface area contributed by atoms with Crippen molar-refractivity contribution in [3.8, 4) is 0 Å². The number of rotatable bonds is 3. The van der Waals surface area contributed by atoms with Crippen molar-refractivity contribution in [1.82, 2.24) is 10.3 Å². The Bertz CT molecular complexity index is 1040. The van der Waals surface area contributed by atoms with Gasteiger partial charge in [-0.25, -0.2) is 0 Å². The third-order valence-electron chi connectivity index (χ3n) is 7.25. The van der Waals surface area contributed by atoms with Crippen LogP contribution in [0.5, 0.6) is 0 Å². The summed E-state index contributed by atoms with van der Waals surface area (Å²) in [7, 11) is 0. The summed E-state index contributed by atoms with van der Waals surface area (Å²) in [5, 5.41) is 3.06. The van der Waals surface area contributed by atoms with Gasteiger partial charge in [-0.15, -0.1) is 0 Å². The molecule has 2 aliphatic heterocycles. The number of hydrogen-bond donors (Lipinski definition) is 2. The first-order valence-corrected chi connectivity index (χ1v) is 12.5. The van der Waals surface area contributed by atoms with Crippen LogP contribution in [-0.4, -0.2) is 36.7 Å². The zero-order valence-electron chi connectivity index (χ0n) is 20.2. The number of amides is 1. The van der Waals surface area contributed by atoms with Gasteiger partial charge in [0.25, 0.3) is 11.5 Å². The predicted molar refractivity (Wildman–Crippen MR) is 132 cm³/mol. The number of anilines is 1. The molecule has 2 aliphatic rings. The SMILES string of the molecule is CCN(c1cccc2c1CCCCC(C)c1cc(C)[nH]c(=O)c1CNC2=O)C1CCOCC1. The number of aromatic nitrogens is 1. The van der Waals surface area contributed by atoms with Crippen molar-refractivity contribution in [1.29, 1.82) is 0 Å². The summed E-state index contributed by atoms with van der Waals surface area (Å²) in [6.45, 7) is 9.03. The molecule has 33 heavy (non-hydrogen) atoms. The molecular formula is C27H37N3O3. The molecule has 0 aliphatic carbocycles. The van der Waals surface area contributed by atoms with Crippen LogP contribution in [0.25, 0.3) is 0 Å². The Morgan fingerprint density at radius 1 is 1.09 bits per heavy atom. The number of pyridine rings is 1. The number of H-pyrrole nitrogens is 1. The molecule has 1 saturated heterocycles. The van der Waals surface area contributed by atoms with Crippen molar-refractivity contribution in [2.24, 2.45) is 0 Å². The highest BCUT2D eigenvalue weighted by molar-refractivity contribution is 5.97. The minimum atomic E-state index is -0.103. The van der Waals surface area contributed by atoms with Crippen LogP contribution in [0.2, 0.25) is 0 Å². The third kappa shape index (κ3) is 5.16. The van der Waals surface area contributed by atoms with Crippen LogP contribution in [0, 0.1) is 6.92 Å². The van der Waals surface area contributed by atoms with Gasteiger partial charge >= 0.3 is 0 Å². The first-order valence-electron chi connectivity index (χ1n) is 12.5. The highest BCUT2D eigenvalue weighted by Gasteiger charge is 2.25. The molecular weight excluding hydrogens is 414 g/mol. The van der Waals surface area contributed by atoms with Gasteiger partial charge in [0.2, 0.25) is 0 Å². The Balaban J connectivity index is 1.70. The van der Waals surface area contributed by atoms with Crippen molar-refractivity contribution in [2.75, 3.05) is 24.7 Å². The van der Waals surface area contributed by atoms with Crippen LogP contribution < -0.4 is 15.8 Å². The molecule has 0 saturated carbocycles. The molecule has 6 heteroatoms. The first-order chi connectivity index (χ1) is 16.0. The molecule has 1 amide bonds. The van der Waals surface area contributed by atoms with Gasteiger partial charge in [-0.05, 0) is 81.2 Å². The van der Waals surface area contributed by atoms with E-state index in [1.807, 2.05) is 19.1 Å². The van der Waals surface area contributed by atoms with E-state index in [1.54, 1.807) is 0 Å². The summed E-state index contributed by atoms with van der Waals surface area (Å²) < 4.78 is 5.59. The predicted octanol–water partition coefficient (Wildman–Crippen LogP) is 4.45. The van der Waals surface area contributed by atoms with Gasteiger partial charge in [-0.2, -0.15) is 0 Å². The third-order valence-corrected chi connectivity index (χ3v) is 7.25. The van der Waals surface area contributed by atoms with Crippen LogP contribution in [0.4, 0.5) is 5.69 Å². The van der Waals surface area contributed by atoms with Gasteiger partial charge < -0.3 is 19.9 Å². The number of benzene rings is 1. The van der Waals surface area contributed by atoms with E-state index in [2.05, 4.69) is 41.2 Å². The van der Waals surface area contributed by atoms with Crippen LogP contribution in [-0.2, 0) is 17.7 Å². The Kier molecular flexibility index (Phi) is 7.53. The topological polar surface area (TPSA) is 74.4 Å². The largest absolute Gasteiger partial charge is 0.381 e. The minimum absolute atomic E-state index is 0.0974. The molecule has 6 nitrogen and oxygen atoms in total.